The van der Waals surface area contributed by atoms with Crippen LogP contribution in [0.3, 0.4) is 0 Å². The number of carbonyl (C=O) groups is 1. The molecule has 5 rings (SSSR count). The van der Waals surface area contributed by atoms with Gasteiger partial charge in [-0.1, -0.05) is 0 Å². The molecule has 0 saturated heterocycles. The number of nitrogens with one attached hydrogen (secondary N) is 1. The van der Waals surface area contributed by atoms with Gasteiger partial charge in [0.1, 0.15) is 11.7 Å². The van der Waals surface area contributed by atoms with Crippen LogP contribution in [-0.4, -0.2) is 46.7 Å². The van der Waals surface area contributed by atoms with Gasteiger partial charge in [-0.05, 0) is 36.8 Å². The van der Waals surface area contributed by atoms with E-state index in [0.29, 0.717) is 29.0 Å². The van der Waals surface area contributed by atoms with Crippen LogP contribution in [0.25, 0.3) is 5.52 Å². The number of aromatic amines is 1. The molecule has 10 heteroatoms. The van der Waals surface area contributed by atoms with E-state index in [-0.39, 0.29) is 5.69 Å². The number of fused-ring (bicyclic) bond motifs is 2. The van der Waals surface area contributed by atoms with Crippen LogP contribution >= 0.6 is 0 Å². The van der Waals surface area contributed by atoms with Gasteiger partial charge in [-0.2, -0.15) is 23.7 Å². The lowest BCUT2D eigenvalue weighted by atomic mass is 9.99. The van der Waals surface area contributed by atoms with E-state index in [0.717, 1.165) is 16.8 Å². The van der Waals surface area contributed by atoms with E-state index in [1.807, 2.05) is 31.3 Å². The highest BCUT2D eigenvalue weighted by atomic mass is 19.3. The first-order chi connectivity index (χ1) is 14.0. The van der Waals surface area contributed by atoms with Gasteiger partial charge in [0.25, 0.3) is 5.91 Å². The van der Waals surface area contributed by atoms with Crippen LogP contribution in [0.5, 0.6) is 0 Å². The first kappa shape index (κ1) is 17.5. The van der Waals surface area contributed by atoms with E-state index in [9.17, 15) is 13.6 Å². The number of imidazole rings is 1. The molecule has 0 bridgehead atoms. The average Bonchev–Trinajstić information content (AvgIpc) is 3.43. The lowest BCUT2D eigenvalue weighted by molar-refractivity contribution is 0.0441. The molecule has 1 aliphatic heterocycles. The number of aryl methyl sites for hydroxylation is 1. The van der Waals surface area contributed by atoms with Gasteiger partial charge in [-0.25, -0.2) is 9.50 Å². The maximum atomic E-state index is 13.3. The Morgan fingerprint density at radius 3 is 3.00 bits per heavy atom. The Hall–Kier alpha value is -3.56. The first-order valence-electron chi connectivity index (χ1n) is 9.13. The van der Waals surface area contributed by atoms with Crippen molar-refractivity contribution in [3.8, 4) is 0 Å². The minimum atomic E-state index is -2.90. The van der Waals surface area contributed by atoms with Crippen LogP contribution in [0.1, 0.15) is 45.7 Å². The van der Waals surface area contributed by atoms with E-state index in [1.54, 1.807) is 10.8 Å². The summed E-state index contributed by atoms with van der Waals surface area (Å²) in [4.78, 5) is 22.3. The minimum Gasteiger partial charge on any atom is -0.348 e. The van der Waals surface area contributed by atoms with Crippen molar-refractivity contribution in [1.82, 2.24) is 34.3 Å². The molecule has 0 aromatic carbocycles. The fraction of sp³-hybridized carbons (Fsp3) is 0.263. The number of alkyl halides is 2. The Bertz CT molecular complexity index is 1210. The maximum Gasteiger partial charge on any atom is 0.333 e. The predicted octanol–water partition coefficient (Wildman–Crippen LogP) is 2.75. The van der Waals surface area contributed by atoms with Crippen molar-refractivity contribution in [3.63, 3.8) is 0 Å². The fourth-order valence-electron chi connectivity index (χ4n) is 3.84. The molecule has 0 fully saturated rings. The quantitative estimate of drug-likeness (QED) is 0.576. The number of amides is 1. The summed E-state index contributed by atoms with van der Waals surface area (Å²) in [7, 11) is 0. The zero-order chi connectivity index (χ0) is 20.1. The topological polar surface area (TPSA) is 84.1 Å². The van der Waals surface area contributed by atoms with E-state index in [4.69, 9.17) is 0 Å². The Morgan fingerprint density at radius 1 is 1.31 bits per heavy atom. The molecule has 4 aromatic heterocycles. The Balaban J connectivity index is 1.62. The number of carbonyl (C=O) groups excluding carboxylic acids is 1. The molecule has 0 radical (unpaired) electrons. The Kier molecular flexibility index (Phi) is 3.93. The molecule has 4 aromatic rings. The van der Waals surface area contributed by atoms with E-state index in [2.05, 4.69) is 20.2 Å². The summed E-state index contributed by atoms with van der Waals surface area (Å²) >= 11 is 0. The zero-order valence-corrected chi connectivity index (χ0v) is 15.5. The summed E-state index contributed by atoms with van der Waals surface area (Å²) in [6, 6.07) is 6.54. The zero-order valence-electron chi connectivity index (χ0n) is 15.5. The molecular weight excluding hydrogens is 380 g/mol. The van der Waals surface area contributed by atoms with Crippen molar-refractivity contribution < 1.29 is 13.6 Å². The minimum absolute atomic E-state index is 0.163. The van der Waals surface area contributed by atoms with Gasteiger partial charge in [0.2, 0.25) is 0 Å². The fourth-order valence-corrected chi connectivity index (χ4v) is 3.84. The third-order valence-electron chi connectivity index (χ3n) is 5.18. The lowest BCUT2D eigenvalue weighted by Crippen LogP contribution is -2.41. The molecule has 5 heterocycles. The third-order valence-corrected chi connectivity index (χ3v) is 5.18. The number of hydrogen-bond acceptors (Lipinski definition) is 4. The van der Waals surface area contributed by atoms with Crippen molar-refractivity contribution in [2.75, 3.05) is 6.54 Å². The average molecular weight is 397 g/mol. The van der Waals surface area contributed by atoms with Gasteiger partial charge in [0.05, 0.1) is 23.2 Å². The number of hydrogen-bond donors (Lipinski definition) is 1. The molecule has 1 unspecified atom stereocenters. The van der Waals surface area contributed by atoms with Crippen LogP contribution in [0.2, 0.25) is 0 Å². The molecular formula is C19H17F2N7O. The normalized spacial score (nSPS) is 16.6. The van der Waals surface area contributed by atoms with Crippen LogP contribution in [0, 0.1) is 6.92 Å². The molecule has 0 aliphatic carbocycles. The molecule has 8 nitrogen and oxygen atoms in total. The highest BCUT2D eigenvalue weighted by Crippen LogP contribution is 2.34. The van der Waals surface area contributed by atoms with Gasteiger partial charge in [-0.3, -0.25) is 4.79 Å². The van der Waals surface area contributed by atoms with Gasteiger partial charge in [0.15, 0.2) is 0 Å². The van der Waals surface area contributed by atoms with Crippen LogP contribution in [0.4, 0.5) is 8.78 Å². The Labute approximate surface area is 163 Å². The second-order valence-corrected chi connectivity index (χ2v) is 7.00. The summed E-state index contributed by atoms with van der Waals surface area (Å²) in [5.41, 5.74) is 4.01. The number of H-pyrrole nitrogens is 1. The SMILES string of the molecule is Cc1ccn2nc(C3c4nc[nH]c4CCN3C(=O)c3ccnn3C(F)F)cc2c1. The third kappa shape index (κ3) is 2.79. The van der Waals surface area contributed by atoms with Crippen molar-refractivity contribution in [3.05, 3.63) is 71.3 Å². The number of pyridine rings is 1. The van der Waals surface area contributed by atoms with Crippen LogP contribution in [0.15, 0.2) is 43.0 Å². The van der Waals surface area contributed by atoms with E-state index < -0.39 is 18.5 Å². The molecule has 0 spiro atoms. The van der Waals surface area contributed by atoms with Crippen molar-refractivity contribution in [2.45, 2.75) is 25.9 Å². The lowest BCUT2D eigenvalue weighted by Gasteiger charge is -2.33. The molecule has 1 atom stereocenters. The molecule has 0 saturated carbocycles. The first-order valence-corrected chi connectivity index (χ1v) is 9.13. The van der Waals surface area contributed by atoms with E-state index >= 15 is 0 Å². The largest absolute Gasteiger partial charge is 0.348 e. The highest BCUT2D eigenvalue weighted by molar-refractivity contribution is 5.93. The van der Waals surface area contributed by atoms with Gasteiger partial charge < -0.3 is 9.88 Å². The highest BCUT2D eigenvalue weighted by Gasteiger charge is 2.37. The second-order valence-electron chi connectivity index (χ2n) is 7.00. The monoisotopic (exact) mass is 397 g/mol. The summed E-state index contributed by atoms with van der Waals surface area (Å²) < 4.78 is 28.7. The number of halogens is 2. The van der Waals surface area contributed by atoms with Crippen molar-refractivity contribution >= 4 is 11.4 Å². The Morgan fingerprint density at radius 2 is 2.17 bits per heavy atom. The van der Waals surface area contributed by atoms with Gasteiger partial charge in [0, 0.05) is 31.1 Å². The molecule has 1 N–H and O–H groups in total. The number of aromatic nitrogens is 6. The smallest absolute Gasteiger partial charge is 0.333 e. The standard InChI is InChI=1S/C19H17F2N7O/c1-11-3-7-27-12(8-11)9-14(25-27)17-16-13(22-10-23-16)4-6-26(17)18(29)15-2-5-24-28(15)19(20)21/h2-3,5,7-10,17,19H,4,6H2,1H3,(H,22,23). The molecule has 148 valence electrons. The maximum absolute atomic E-state index is 13.3. The summed E-state index contributed by atoms with van der Waals surface area (Å²) in [6.07, 6.45) is 5.17. The van der Waals surface area contributed by atoms with Gasteiger partial charge >= 0.3 is 6.55 Å². The van der Waals surface area contributed by atoms with E-state index in [1.165, 1.54) is 17.2 Å². The van der Waals surface area contributed by atoms with Crippen LogP contribution in [-0.2, 0) is 6.42 Å². The number of rotatable bonds is 3. The number of nitrogens with zero attached hydrogens (tertiary/aromatic N) is 6. The molecule has 1 amide bonds. The summed E-state index contributed by atoms with van der Waals surface area (Å²) in [5, 5.41) is 8.21. The van der Waals surface area contributed by atoms with Crippen molar-refractivity contribution in [1.29, 1.82) is 0 Å². The van der Waals surface area contributed by atoms with Gasteiger partial charge in [-0.15, -0.1) is 0 Å². The summed E-state index contributed by atoms with van der Waals surface area (Å²) in [6.45, 7) is -0.563. The second kappa shape index (κ2) is 6.50. The molecule has 29 heavy (non-hydrogen) atoms. The van der Waals surface area contributed by atoms with Crippen molar-refractivity contribution in [2.24, 2.45) is 0 Å². The van der Waals surface area contributed by atoms with Crippen LogP contribution < -0.4 is 0 Å². The molecule has 1 aliphatic rings. The summed E-state index contributed by atoms with van der Waals surface area (Å²) in [5.74, 6) is -0.533. The predicted molar refractivity (Wildman–Crippen MR) is 98.6 cm³/mol.